The van der Waals surface area contributed by atoms with Crippen molar-refractivity contribution in [1.29, 1.82) is 0 Å². The molecule has 78 valence electrons. The lowest BCUT2D eigenvalue weighted by Gasteiger charge is -2.01. The van der Waals surface area contributed by atoms with Crippen LogP contribution in [0, 0.1) is 0 Å². The molecule has 0 bridgehead atoms. The third-order valence-electron chi connectivity index (χ3n) is 2.35. The van der Waals surface area contributed by atoms with E-state index >= 15 is 0 Å². The molecule has 2 nitrogen and oxygen atoms in total. The molecule has 0 unspecified atom stereocenters. The summed E-state index contributed by atoms with van der Waals surface area (Å²) < 4.78 is 2.01. The summed E-state index contributed by atoms with van der Waals surface area (Å²) in [5, 5.41) is 0. The van der Waals surface area contributed by atoms with Crippen LogP contribution in [-0.4, -0.2) is 9.38 Å². The van der Waals surface area contributed by atoms with Gasteiger partial charge in [0.2, 0.25) is 0 Å². The lowest BCUT2D eigenvalue weighted by Crippen LogP contribution is -1.82. The lowest BCUT2D eigenvalue weighted by molar-refractivity contribution is 1.16. The molecular weight excluding hydrogens is 216 g/mol. The number of fused-ring (bicyclic) bond motifs is 1. The van der Waals surface area contributed by atoms with Crippen molar-refractivity contribution in [3.63, 3.8) is 0 Å². The highest BCUT2D eigenvalue weighted by Crippen LogP contribution is 2.27. The Balaban J connectivity index is 1.94. The molecule has 2 aromatic heterocycles. The third-order valence-corrected chi connectivity index (χ3v) is 3.35. The van der Waals surface area contributed by atoms with Crippen molar-refractivity contribution in [3.05, 3.63) is 61.1 Å². The Morgan fingerprint density at radius 2 is 1.81 bits per heavy atom. The van der Waals surface area contributed by atoms with Gasteiger partial charge in [0.05, 0.1) is 0 Å². The fourth-order valence-electron chi connectivity index (χ4n) is 1.58. The number of pyridine rings is 1. The van der Waals surface area contributed by atoms with E-state index in [2.05, 4.69) is 41.4 Å². The maximum atomic E-state index is 4.27. The normalized spacial score (nSPS) is 10.8. The van der Waals surface area contributed by atoms with Crippen LogP contribution >= 0.6 is 11.8 Å². The first-order valence-corrected chi connectivity index (χ1v) is 5.89. The van der Waals surface area contributed by atoms with E-state index in [1.54, 1.807) is 11.8 Å². The Morgan fingerprint density at radius 3 is 2.69 bits per heavy atom. The minimum Gasteiger partial charge on any atom is -0.307 e. The predicted octanol–water partition coefficient (Wildman–Crippen LogP) is 3.49. The number of rotatable bonds is 2. The first kappa shape index (κ1) is 9.48. The molecule has 3 heteroatoms. The molecule has 1 aromatic carbocycles. The van der Waals surface area contributed by atoms with E-state index in [9.17, 15) is 0 Å². The minimum atomic E-state index is 0.987. The summed E-state index contributed by atoms with van der Waals surface area (Å²) in [5.41, 5.74) is 0.987. The van der Waals surface area contributed by atoms with Gasteiger partial charge < -0.3 is 4.40 Å². The van der Waals surface area contributed by atoms with Gasteiger partial charge in [0.15, 0.2) is 0 Å². The molecule has 0 fully saturated rings. The summed E-state index contributed by atoms with van der Waals surface area (Å²) in [4.78, 5) is 6.73. The summed E-state index contributed by atoms with van der Waals surface area (Å²) in [5.74, 6) is 0. The van der Waals surface area contributed by atoms with Gasteiger partial charge in [-0.15, -0.1) is 0 Å². The van der Waals surface area contributed by atoms with Gasteiger partial charge in [0.25, 0.3) is 0 Å². The summed E-state index contributed by atoms with van der Waals surface area (Å²) in [6.45, 7) is 0. The highest BCUT2D eigenvalue weighted by molar-refractivity contribution is 7.99. The average Bonchev–Trinajstić information content (AvgIpc) is 2.77. The zero-order chi connectivity index (χ0) is 10.8. The van der Waals surface area contributed by atoms with Crippen LogP contribution in [0.1, 0.15) is 0 Å². The highest BCUT2D eigenvalue weighted by atomic mass is 32.2. The van der Waals surface area contributed by atoms with Gasteiger partial charge in [-0.1, -0.05) is 30.0 Å². The molecule has 2 heterocycles. The van der Waals surface area contributed by atoms with Crippen LogP contribution < -0.4 is 0 Å². The summed E-state index contributed by atoms with van der Waals surface area (Å²) in [6, 6.07) is 14.6. The van der Waals surface area contributed by atoms with E-state index < -0.39 is 0 Å². The van der Waals surface area contributed by atoms with E-state index in [1.807, 2.05) is 29.1 Å². The van der Waals surface area contributed by atoms with Crippen LogP contribution in [0.15, 0.2) is 70.8 Å². The average molecular weight is 226 g/mol. The van der Waals surface area contributed by atoms with Crippen molar-refractivity contribution >= 4 is 17.4 Å². The second-order valence-corrected chi connectivity index (χ2v) is 4.62. The van der Waals surface area contributed by atoms with Crippen LogP contribution in [0.2, 0.25) is 0 Å². The molecule has 0 aliphatic heterocycles. The topological polar surface area (TPSA) is 17.3 Å². The van der Waals surface area contributed by atoms with Crippen molar-refractivity contribution in [2.24, 2.45) is 0 Å². The number of imidazole rings is 1. The quantitative estimate of drug-likeness (QED) is 0.665. The van der Waals surface area contributed by atoms with Gasteiger partial charge in [0, 0.05) is 28.4 Å². The minimum absolute atomic E-state index is 0.987. The van der Waals surface area contributed by atoms with Gasteiger partial charge >= 0.3 is 0 Å². The largest absolute Gasteiger partial charge is 0.307 e. The molecule has 0 N–H and O–H groups in total. The molecule has 0 aliphatic carbocycles. The lowest BCUT2D eigenvalue weighted by atomic mass is 10.4. The van der Waals surface area contributed by atoms with Crippen molar-refractivity contribution in [2.75, 3.05) is 0 Å². The maximum Gasteiger partial charge on any atom is 0.137 e. The van der Waals surface area contributed by atoms with Crippen LogP contribution in [0.3, 0.4) is 0 Å². The summed E-state index contributed by atoms with van der Waals surface area (Å²) in [6.07, 6.45) is 5.80. The van der Waals surface area contributed by atoms with Crippen LogP contribution in [0.5, 0.6) is 0 Å². The molecular formula is C13H10N2S. The Bertz CT molecular complexity index is 601. The Hall–Kier alpha value is -1.74. The molecule has 0 saturated carbocycles. The zero-order valence-electron chi connectivity index (χ0n) is 8.58. The van der Waals surface area contributed by atoms with Gasteiger partial charge in [-0.3, -0.25) is 0 Å². The van der Waals surface area contributed by atoms with Crippen molar-refractivity contribution in [2.45, 2.75) is 9.79 Å². The number of aromatic nitrogens is 2. The SMILES string of the molecule is c1ccc(Sc2ccn3ccnc3c2)cc1. The van der Waals surface area contributed by atoms with Gasteiger partial charge in [0.1, 0.15) is 5.65 Å². The fraction of sp³-hybridized carbons (Fsp3) is 0. The Labute approximate surface area is 97.9 Å². The van der Waals surface area contributed by atoms with Gasteiger partial charge in [-0.05, 0) is 24.3 Å². The monoisotopic (exact) mass is 226 g/mol. The second-order valence-electron chi connectivity index (χ2n) is 3.47. The Morgan fingerprint density at radius 1 is 0.938 bits per heavy atom. The van der Waals surface area contributed by atoms with E-state index in [-0.39, 0.29) is 0 Å². The van der Waals surface area contributed by atoms with Gasteiger partial charge in [-0.2, -0.15) is 0 Å². The number of nitrogens with zero attached hydrogens (tertiary/aromatic N) is 2. The molecule has 16 heavy (non-hydrogen) atoms. The van der Waals surface area contributed by atoms with Crippen LogP contribution in [0.25, 0.3) is 5.65 Å². The van der Waals surface area contributed by atoms with Crippen molar-refractivity contribution in [1.82, 2.24) is 9.38 Å². The van der Waals surface area contributed by atoms with E-state index in [4.69, 9.17) is 0 Å². The number of benzene rings is 1. The molecule has 3 aromatic rings. The highest BCUT2D eigenvalue weighted by Gasteiger charge is 1.99. The molecule has 0 atom stereocenters. The third kappa shape index (κ3) is 1.82. The number of hydrogen-bond acceptors (Lipinski definition) is 2. The standard InChI is InChI=1S/C13H10N2S/c1-2-4-11(5-3-1)16-12-6-8-15-9-7-14-13(15)10-12/h1-10H. The molecule has 0 spiro atoms. The van der Waals surface area contributed by atoms with Gasteiger partial charge in [-0.25, -0.2) is 4.98 Å². The van der Waals surface area contributed by atoms with Crippen molar-refractivity contribution < 1.29 is 0 Å². The molecule has 0 amide bonds. The number of hydrogen-bond donors (Lipinski definition) is 0. The molecule has 0 radical (unpaired) electrons. The van der Waals surface area contributed by atoms with E-state index in [0.29, 0.717) is 0 Å². The summed E-state index contributed by atoms with van der Waals surface area (Å²) >= 11 is 1.75. The van der Waals surface area contributed by atoms with E-state index in [1.165, 1.54) is 9.79 Å². The zero-order valence-corrected chi connectivity index (χ0v) is 9.39. The van der Waals surface area contributed by atoms with Crippen LogP contribution in [0.4, 0.5) is 0 Å². The molecule has 0 saturated heterocycles. The fourth-order valence-corrected chi connectivity index (χ4v) is 2.44. The predicted molar refractivity (Wildman–Crippen MR) is 65.8 cm³/mol. The second kappa shape index (κ2) is 4.02. The summed E-state index contributed by atoms with van der Waals surface area (Å²) in [7, 11) is 0. The van der Waals surface area contributed by atoms with E-state index in [0.717, 1.165) is 5.65 Å². The smallest absolute Gasteiger partial charge is 0.137 e. The van der Waals surface area contributed by atoms with Crippen LogP contribution in [-0.2, 0) is 0 Å². The molecule has 3 rings (SSSR count). The van der Waals surface area contributed by atoms with Crippen molar-refractivity contribution in [3.8, 4) is 0 Å². The molecule has 0 aliphatic rings. The first-order valence-electron chi connectivity index (χ1n) is 5.07. The first-order chi connectivity index (χ1) is 7.92. The Kier molecular flexibility index (Phi) is 2.38. The maximum absolute atomic E-state index is 4.27.